The van der Waals surface area contributed by atoms with E-state index in [2.05, 4.69) is 0 Å². The number of rotatable bonds is 6. The number of ether oxygens (including phenoxy) is 2. The number of amides is 1. The lowest BCUT2D eigenvalue weighted by atomic mass is 9.97. The van der Waals surface area contributed by atoms with Crippen molar-refractivity contribution in [3.05, 3.63) is 93.0 Å². The standard InChI is InChI=1S/C26H23Cl2F2NO3/c1-4-31(14-15(2)3)25(32)19-12-23-24(13-22(19)30)34-26(33-23,16-5-8-18(29)9-6-16)20-10-7-17(27)11-21(20)28/h5-13,15H,4,14H2,1-3H3. The van der Waals surface area contributed by atoms with Crippen LogP contribution in [0.2, 0.25) is 10.0 Å². The Morgan fingerprint density at radius 2 is 1.65 bits per heavy atom. The van der Waals surface area contributed by atoms with Gasteiger partial charge in [-0.15, -0.1) is 0 Å². The molecule has 0 aliphatic carbocycles. The van der Waals surface area contributed by atoms with Crippen molar-refractivity contribution >= 4 is 29.1 Å². The van der Waals surface area contributed by atoms with Crippen LogP contribution in [0.4, 0.5) is 8.78 Å². The summed E-state index contributed by atoms with van der Waals surface area (Å²) in [5, 5.41) is 0.651. The topological polar surface area (TPSA) is 38.8 Å². The van der Waals surface area contributed by atoms with Crippen molar-refractivity contribution in [1.29, 1.82) is 0 Å². The molecule has 1 atom stereocenters. The maximum Gasteiger partial charge on any atom is 0.307 e. The maximum atomic E-state index is 15.1. The van der Waals surface area contributed by atoms with Crippen LogP contribution in [0.3, 0.4) is 0 Å². The van der Waals surface area contributed by atoms with Gasteiger partial charge in [0.1, 0.15) is 11.6 Å². The average molecular weight is 506 g/mol. The van der Waals surface area contributed by atoms with Crippen molar-refractivity contribution < 1.29 is 23.0 Å². The third-order valence-electron chi connectivity index (χ3n) is 5.54. The van der Waals surface area contributed by atoms with Gasteiger partial charge in [-0.3, -0.25) is 4.79 Å². The van der Waals surface area contributed by atoms with E-state index in [0.717, 1.165) is 6.07 Å². The Labute approximate surface area is 207 Å². The molecule has 8 heteroatoms. The fraction of sp³-hybridized carbons (Fsp3) is 0.269. The maximum absolute atomic E-state index is 15.1. The monoisotopic (exact) mass is 505 g/mol. The molecule has 178 valence electrons. The molecule has 1 unspecified atom stereocenters. The molecular formula is C26H23Cl2F2NO3. The van der Waals surface area contributed by atoms with E-state index in [1.54, 1.807) is 17.0 Å². The van der Waals surface area contributed by atoms with Crippen LogP contribution in [0.15, 0.2) is 54.6 Å². The van der Waals surface area contributed by atoms with Gasteiger partial charge in [-0.2, -0.15) is 0 Å². The van der Waals surface area contributed by atoms with Gasteiger partial charge in [-0.1, -0.05) is 37.0 Å². The van der Waals surface area contributed by atoms with Gasteiger partial charge in [-0.05, 0) is 61.4 Å². The van der Waals surface area contributed by atoms with E-state index in [1.165, 1.54) is 36.4 Å². The van der Waals surface area contributed by atoms with E-state index in [-0.39, 0.29) is 28.0 Å². The molecule has 0 saturated carbocycles. The molecule has 1 amide bonds. The number of carbonyl (C=O) groups is 1. The number of fused-ring (bicyclic) bond motifs is 1. The molecule has 0 radical (unpaired) electrons. The number of nitrogens with zero attached hydrogens (tertiary/aromatic N) is 1. The highest BCUT2D eigenvalue weighted by Gasteiger charge is 2.47. The smallest absolute Gasteiger partial charge is 0.307 e. The minimum absolute atomic E-state index is 0.0938. The number of hydrogen-bond acceptors (Lipinski definition) is 3. The first-order chi connectivity index (χ1) is 16.1. The molecule has 3 aromatic rings. The molecule has 1 aliphatic heterocycles. The normalized spacial score (nSPS) is 16.7. The second-order valence-electron chi connectivity index (χ2n) is 8.47. The van der Waals surface area contributed by atoms with E-state index in [1.807, 2.05) is 20.8 Å². The molecule has 1 heterocycles. The van der Waals surface area contributed by atoms with Gasteiger partial charge in [0.05, 0.1) is 16.1 Å². The summed E-state index contributed by atoms with van der Waals surface area (Å²) in [5.74, 6) is -2.76. The minimum Gasteiger partial charge on any atom is -0.440 e. The fourth-order valence-corrected chi connectivity index (χ4v) is 4.50. The Hall–Kier alpha value is -2.83. The molecular weight excluding hydrogens is 483 g/mol. The molecule has 0 spiro atoms. The van der Waals surface area contributed by atoms with E-state index in [9.17, 15) is 9.18 Å². The highest BCUT2D eigenvalue weighted by atomic mass is 35.5. The predicted octanol–water partition coefficient (Wildman–Crippen LogP) is 7.06. The number of halogens is 4. The number of benzene rings is 3. The van der Waals surface area contributed by atoms with Gasteiger partial charge in [0.25, 0.3) is 5.91 Å². The van der Waals surface area contributed by atoms with Gasteiger partial charge >= 0.3 is 5.79 Å². The highest BCUT2D eigenvalue weighted by Crippen LogP contribution is 2.50. The molecule has 0 saturated heterocycles. The van der Waals surface area contributed by atoms with Crippen molar-refractivity contribution in [1.82, 2.24) is 4.90 Å². The second-order valence-corrected chi connectivity index (χ2v) is 9.31. The summed E-state index contributed by atoms with van der Waals surface area (Å²) in [5.41, 5.74) is 0.698. The first kappa shape index (κ1) is 24.3. The van der Waals surface area contributed by atoms with Crippen molar-refractivity contribution in [2.75, 3.05) is 13.1 Å². The summed E-state index contributed by atoms with van der Waals surface area (Å²) in [6.45, 7) is 6.73. The first-order valence-electron chi connectivity index (χ1n) is 10.9. The minimum atomic E-state index is -1.63. The molecule has 4 rings (SSSR count). The summed E-state index contributed by atoms with van der Waals surface area (Å²) in [4.78, 5) is 14.7. The first-order valence-corrected chi connectivity index (χ1v) is 11.6. The molecule has 1 aliphatic rings. The summed E-state index contributed by atoms with van der Waals surface area (Å²) in [6.07, 6.45) is 0. The average Bonchev–Trinajstić information content (AvgIpc) is 3.15. The quantitative estimate of drug-likeness (QED) is 0.359. The van der Waals surface area contributed by atoms with Crippen molar-refractivity contribution in [3.63, 3.8) is 0 Å². The second kappa shape index (κ2) is 9.43. The van der Waals surface area contributed by atoms with Crippen LogP contribution in [-0.2, 0) is 5.79 Å². The van der Waals surface area contributed by atoms with Gasteiger partial charge in [-0.25, -0.2) is 8.78 Å². The van der Waals surface area contributed by atoms with Crippen LogP contribution in [-0.4, -0.2) is 23.9 Å². The zero-order valence-electron chi connectivity index (χ0n) is 18.9. The molecule has 0 bridgehead atoms. The fourth-order valence-electron chi connectivity index (χ4n) is 3.96. The third kappa shape index (κ3) is 4.44. The summed E-state index contributed by atoms with van der Waals surface area (Å²) in [7, 11) is 0. The predicted molar refractivity (Wildman–Crippen MR) is 128 cm³/mol. The summed E-state index contributed by atoms with van der Waals surface area (Å²) in [6, 6.07) is 12.8. The number of hydrogen-bond donors (Lipinski definition) is 0. The van der Waals surface area contributed by atoms with Gasteiger partial charge in [0.2, 0.25) is 0 Å². The van der Waals surface area contributed by atoms with Crippen molar-refractivity contribution in [2.45, 2.75) is 26.6 Å². The lowest BCUT2D eigenvalue weighted by Gasteiger charge is -2.29. The molecule has 34 heavy (non-hydrogen) atoms. The third-order valence-corrected chi connectivity index (χ3v) is 6.08. The zero-order valence-corrected chi connectivity index (χ0v) is 20.4. The van der Waals surface area contributed by atoms with Gasteiger partial charge < -0.3 is 14.4 Å². The van der Waals surface area contributed by atoms with Crippen molar-refractivity contribution in [3.8, 4) is 11.5 Å². The lowest BCUT2D eigenvalue weighted by Crippen LogP contribution is -2.37. The Bertz CT molecular complexity index is 1230. The lowest BCUT2D eigenvalue weighted by molar-refractivity contribution is -0.0459. The van der Waals surface area contributed by atoms with Crippen LogP contribution in [0.25, 0.3) is 0 Å². The Morgan fingerprint density at radius 3 is 2.24 bits per heavy atom. The van der Waals surface area contributed by atoms with Gasteiger partial charge in [0, 0.05) is 29.7 Å². The van der Waals surface area contributed by atoms with Crippen LogP contribution in [0.1, 0.15) is 42.3 Å². The molecule has 0 fully saturated rings. The SMILES string of the molecule is CCN(CC(C)C)C(=O)c1cc2c(cc1F)OC(c1ccc(F)cc1)(c1ccc(Cl)cc1Cl)O2. The Kier molecular flexibility index (Phi) is 6.74. The Balaban J connectivity index is 1.81. The van der Waals surface area contributed by atoms with Gasteiger partial charge in [0.15, 0.2) is 11.5 Å². The highest BCUT2D eigenvalue weighted by molar-refractivity contribution is 6.35. The van der Waals surface area contributed by atoms with Crippen LogP contribution in [0, 0.1) is 17.6 Å². The van der Waals surface area contributed by atoms with E-state index >= 15 is 4.39 Å². The largest absolute Gasteiger partial charge is 0.440 e. The molecule has 4 nitrogen and oxygen atoms in total. The van der Waals surface area contributed by atoms with E-state index in [0.29, 0.717) is 29.2 Å². The summed E-state index contributed by atoms with van der Waals surface area (Å²) < 4.78 is 41.2. The molecule has 3 aromatic carbocycles. The van der Waals surface area contributed by atoms with E-state index < -0.39 is 23.3 Å². The summed E-state index contributed by atoms with van der Waals surface area (Å²) >= 11 is 12.6. The van der Waals surface area contributed by atoms with E-state index in [4.69, 9.17) is 32.7 Å². The number of carbonyl (C=O) groups excluding carboxylic acids is 1. The van der Waals surface area contributed by atoms with Crippen LogP contribution in [0.5, 0.6) is 11.5 Å². The molecule has 0 aromatic heterocycles. The van der Waals surface area contributed by atoms with Crippen LogP contribution >= 0.6 is 23.2 Å². The van der Waals surface area contributed by atoms with Crippen molar-refractivity contribution in [2.24, 2.45) is 5.92 Å². The molecule has 0 N–H and O–H groups in total. The Morgan fingerprint density at radius 1 is 1.00 bits per heavy atom. The van der Waals surface area contributed by atoms with Crippen LogP contribution < -0.4 is 9.47 Å². The zero-order chi connectivity index (χ0) is 24.6.